The second kappa shape index (κ2) is 7.19. The van der Waals surface area contributed by atoms with Crippen molar-refractivity contribution < 1.29 is 9.90 Å². The Morgan fingerprint density at radius 3 is 2.88 bits per heavy atom. The molecule has 0 spiro atoms. The van der Waals surface area contributed by atoms with E-state index in [1.54, 1.807) is 22.2 Å². The van der Waals surface area contributed by atoms with Crippen molar-refractivity contribution in [1.82, 2.24) is 20.4 Å². The number of benzene rings is 1. The smallest absolute Gasteiger partial charge is 0.248 e. The fourth-order valence-electron chi connectivity index (χ4n) is 3.54. The number of nitrogens with zero attached hydrogens (tertiary/aromatic N) is 2. The van der Waals surface area contributed by atoms with Crippen LogP contribution in [0.15, 0.2) is 48.8 Å². The van der Waals surface area contributed by atoms with Gasteiger partial charge < -0.3 is 15.7 Å². The summed E-state index contributed by atoms with van der Waals surface area (Å²) in [5.41, 5.74) is -0.686. The van der Waals surface area contributed by atoms with Gasteiger partial charge in [-0.2, -0.15) is 5.10 Å². The summed E-state index contributed by atoms with van der Waals surface area (Å²) in [6.45, 7) is 1.74. The lowest BCUT2D eigenvalue weighted by Crippen LogP contribution is -2.55. The second-order valence-electron chi connectivity index (χ2n) is 6.64. The van der Waals surface area contributed by atoms with Gasteiger partial charge in [-0.15, -0.1) is 11.3 Å². The molecule has 1 atom stereocenters. The predicted molar refractivity (Wildman–Crippen MR) is 102 cm³/mol. The maximum absolute atomic E-state index is 13.0. The summed E-state index contributed by atoms with van der Waals surface area (Å²) in [5.74, 6) is -0.0807. The molecule has 0 saturated carbocycles. The standard InChI is InChI=1S/C19H22N4O2S/c24-15(17-12-14-4-1-2-5-16(14)26-17)13-21-18(25)19(6-9-20-10-7-19)23-11-3-8-22-23/h1-5,8,11-12,15,20,24H,6-7,9-10,13H2,(H,21,25). The van der Waals surface area contributed by atoms with Crippen LogP contribution in [0, 0.1) is 0 Å². The van der Waals surface area contributed by atoms with Crippen LogP contribution in [0.3, 0.4) is 0 Å². The minimum atomic E-state index is -0.715. The normalized spacial score (nSPS) is 17.9. The number of carbonyl (C=O) groups is 1. The third-order valence-electron chi connectivity index (χ3n) is 5.03. The molecule has 1 aliphatic rings. The molecule has 26 heavy (non-hydrogen) atoms. The molecule has 7 heteroatoms. The van der Waals surface area contributed by atoms with Gasteiger partial charge in [0.1, 0.15) is 11.6 Å². The number of fused-ring (bicyclic) bond motifs is 1. The summed E-state index contributed by atoms with van der Waals surface area (Å²) in [4.78, 5) is 13.9. The zero-order valence-electron chi connectivity index (χ0n) is 14.4. The van der Waals surface area contributed by atoms with E-state index in [0.29, 0.717) is 12.8 Å². The van der Waals surface area contributed by atoms with Gasteiger partial charge in [-0.3, -0.25) is 9.48 Å². The van der Waals surface area contributed by atoms with Gasteiger partial charge >= 0.3 is 0 Å². The zero-order chi connectivity index (χ0) is 18.0. The molecule has 6 nitrogen and oxygen atoms in total. The average Bonchev–Trinajstić information content (AvgIpc) is 3.36. The summed E-state index contributed by atoms with van der Waals surface area (Å²) in [6.07, 6.45) is 4.18. The SMILES string of the molecule is O=C(NCC(O)c1cc2ccccc2s1)C1(n2cccn2)CCNCC1. The number of aliphatic hydroxyl groups excluding tert-OH is 1. The van der Waals surface area contributed by atoms with Crippen LogP contribution in [-0.4, -0.2) is 40.4 Å². The van der Waals surface area contributed by atoms with Crippen LogP contribution >= 0.6 is 11.3 Å². The Morgan fingerprint density at radius 1 is 1.35 bits per heavy atom. The Bertz CT molecular complexity index is 851. The molecule has 2 aromatic heterocycles. The molecular formula is C19H22N4O2S. The summed E-state index contributed by atoms with van der Waals surface area (Å²) >= 11 is 1.56. The quantitative estimate of drug-likeness (QED) is 0.642. The Labute approximate surface area is 155 Å². The summed E-state index contributed by atoms with van der Waals surface area (Å²) in [7, 11) is 0. The summed E-state index contributed by atoms with van der Waals surface area (Å²) < 4.78 is 2.90. The van der Waals surface area contributed by atoms with E-state index in [-0.39, 0.29) is 12.5 Å². The third kappa shape index (κ3) is 3.13. The Balaban J connectivity index is 1.48. The fourth-order valence-corrected chi connectivity index (χ4v) is 4.59. The molecule has 1 aliphatic heterocycles. The van der Waals surface area contributed by atoms with Crippen molar-refractivity contribution in [1.29, 1.82) is 0 Å². The highest BCUT2D eigenvalue weighted by Crippen LogP contribution is 2.30. The van der Waals surface area contributed by atoms with Crippen LogP contribution in [0.2, 0.25) is 0 Å². The van der Waals surface area contributed by atoms with Gasteiger partial charge in [0.15, 0.2) is 0 Å². The first kappa shape index (κ1) is 17.2. The number of thiophene rings is 1. The first-order chi connectivity index (χ1) is 12.7. The molecule has 1 fully saturated rings. The molecule has 0 aliphatic carbocycles. The van der Waals surface area contributed by atoms with Crippen molar-refractivity contribution in [2.24, 2.45) is 0 Å². The highest BCUT2D eigenvalue weighted by atomic mass is 32.1. The maximum Gasteiger partial charge on any atom is 0.248 e. The Hall–Kier alpha value is -2.22. The molecule has 1 unspecified atom stereocenters. The lowest BCUT2D eigenvalue weighted by molar-refractivity contribution is -0.132. The molecule has 0 radical (unpaired) electrons. The van der Waals surface area contributed by atoms with Gasteiger partial charge in [-0.05, 0) is 49.5 Å². The second-order valence-corrected chi connectivity index (χ2v) is 7.76. The lowest BCUT2D eigenvalue weighted by Gasteiger charge is -2.36. The molecule has 0 bridgehead atoms. The Morgan fingerprint density at radius 2 is 2.15 bits per heavy atom. The number of piperidine rings is 1. The number of hydrogen-bond acceptors (Lipinski definition) is 5. The van der Waals surface area contributed by atoms with E-state index < -0.39 is 11.6 Å². The number of rotatable bonds is 5. The van der Waals surface area contributed by atoms with E-state index in [1.165, 1.54) is 0 Å². The van der Waals surface area contributed by atoms with Crippen molar-refractivity contribution in [3.63, 3.8) is 0 Å². The topological polar surface area (TPSA) is 79.2 Å². The lowest BCUT2D eigenvalue weighted by atomic mass is 9.87. The van der Waals surface area contributed by atoms with Crippen LogP contribution in [0.25, 0.3) is 10.1 Å². The minimum absolute atomic E-state index is 0.0807. The average molecular weight is 370 g/mol. The third-order valence-corrected chi connectivity index (χ3v) is 6.24. The van der Waals surface area contributed by atoms with Gasteiger partial charge in [-0.25, -0.2) is 0 Å². The Kier molecular flexibility index (Phi) is 4.76. The van der Waals surface area contributed by atoms with Crippen molar-refractivity contribution in [3.05, 3.63) is 53.7 Å². The molecule has 4 rings (SSSR count). The van der Waals surface area contributed by atoms with E-state index in [4.69, 9.17) is 0 Å². The summed E-state index contributed by atoms with van der Waals surface area (Å²) in [5, 5.41) is 22.2. The van der Waals surface area contributed by atoms with Crippen LogP contribution < -0.4 is 10.6 Å². The number of hydrogen-bond donors (Lipinski definition) is 3. The van der Waals surface area contributed by atoms with Crippen LogP contribution in [-0.2, 0) is 10.3 Å². The van der Waals surface area contributed by atoms with Gasteiger partial charge in [-0.1, -0.05) is 18.2 Å². The minimum Gasteiger partial charge on any atom is -0.386 e. The van der Waals surface area contributed by atoms with E-state index in [0.717, 1.165) is 28.1 Å². The van der Waals surface area contributed by atoms with Crippen molar-refractivity contribution in [3.8, 4) is 0 Å². The molecule has 3 heterocycles. The highest BCUT2D eigenvalue weighted by molar-refractivity contribution is 7.19. The molecule has 136 valence electrons. The van der Waals surface area contributed by atoms with Crippen LogP contribution in [0.1, 0.15) is 23.8 Å². The van der Waals surface area contributed by atoms with E-state index in [2.05, 4.69) is 15.7 Å². The largest absolute Gasteiger partial charge is 0.386 e. The number of aromatic nitrogens is 2. The number of aliphatic hydroxyl groups is 1. The molecule has 3 aromatic rings. The van der Waals surface area contributed by atoms with Gasteiger partial charge in [0.2, 0.25) is 5.91 Å². The molecule has 1 aromatic carbocycles. The monoisotopic (exact) mass is 370 g/mol. The van der Waals surface area contributed by atoms with E-state index in [9.17, 15) is 9.90 Å². The van der Waals surface area contributed by atoms with Gasteiger partial charge in [0, 0.05) is 28.5 Å². The first-order valence-electron chi connectivity index (χ1n) is 8.85. The van der Waals surface area contributed by atoms with Crippen molar-refractivity contribution in [2.45, 2.75) is 24.5 Å². The van der Waals surface area contributed by atoms with Crippen molar-refractivity contribution >= 4 is 27.3 Å². The maximum atomic E-state index is 13.0. The van der Waals surface area contributed by atoms with E-state index in [1.807, 2.05) is 42.6 Å². The van der Waals surface area contributed by atoms with Crippen LogP contribution in [0.4, 0.5) is 0 Å². The van der Waals surface area contributed by atoms with Gasteiger partial charge in [0.25, 0.3) is 0 Å². The number of carbonyl (C=O) groups excluding carboxylic acids is 1. The highest BCUT2D eigenvalue weighted by Gasteiger charge is 2.42. The first-order valence-corrected chi connectivity index (χ1v) is 9.66. The molecular weight excluding hydrogens is 348 g/mol. The predicted octanol–water partition coefficient (Wildman–Crippen LogP) is 2.03. The zero-order valence-corrected chi connectivity index (χ0v) is 15.2. The van der Waals surface area contributed by atoms with E-state index >= 15 is 0 Å². The van der Waals surface area contributed by atoms with Gasteiger partial charge in [0.05, 0.1) is 0 Å². The van der Waals surface area contributed by atoms with Crippen LogP contribution in [0.5, 0.6) is 0 Å². The number of nitrogens with one attached hydrogen (secondary N) is 2. The summed E-state index contributed by atoms with van der Waals surface area (Å²) in [6, 6.07) is 11.9. The molecule has 1 saturated heterocycles. The molecule has 3 N–H and O–H groups in total. The molecule has 1 amide bonds. The van der Waals surface area contributed by atoms with Crippen molar-refractivity contribution in [2.75, 3.05) is 19.6 Å². The number of amides is 1. The fraction of sp³-hybridized carbons (Fsp3) is 0.368.